The molecule has 0 atom stereocenters. The first kappa shape index (κ1) is 20.5. The van der Waals surface area contributed by atoms with Crippen LogP contribution in [0.25, 0.3) is 0 Å². The standard InChI is InChI=1S/C16H20N4O3S3/c1-10(2)17-14(22)18-13(21)9-25-16-20-19-15(26-16)24-8-11-4-6-12(23-3)7-5-11/h4-7,10H,8-9H2,1-3H3,(H2,17,18,21,22). The SMILES string of the molecule is COc1ccc(CSc2nnc(SCC(=O)NC(=O)NC(C)C)s2)cc1. The maximum atomic E-state index is 11.7. The van der Waals surface area contributed by atoms with Gasteiger partial charge in [-0.15, -0.1) is 10.2 Å². The van der Waals surface area contributed by atoms with E-state index in [2.05, 4.69) is 20.8 Å². The van der Waals surface area contributed by atoms with Crippen LogP contribution in [0.1, 0.15) is 19.4 Å². The lowest BCUT2D eigenvalue weighted by molar-refractivity contribution is -0.117. The summed E-state index contributed by atoms with van der Waals surface area (Å²) in [5.41, 5.74) is 1.16. The summed E-state index contributed by atoms with van der Waals surface area (Å²) < 4.78 is 6.67. The van der Waals surface area contributed by atoms with Gasteiger partial charge in [0.1, 0.15) is 5.75 Å². The number of carbonyl (C=O) groups is 2. The van der Waals surface area contributed by atoms with Crippen LogP contribution in [-0.2, 0) is 10.5 Å². The minimum absolute atomic E-state index is 0.0242. The number of nitrogens with zero attached hydrogens (tertiary/aromatic N) is 2. The number of imide groups is 1. The Kier molecular flexibility index (Phi) is 8.20. The molecule has 1 aromatic heterocycles. The number of aromatic nitrogens is 2. The molecule has 0 fully saturated rings. The molecule has 1 aromatic carbocycles. The number of hydrogen-bond acceptors (Lipinski definition) is 8. The second-order valence-corrected chi connectivity index (χ2v) is 8.86. The molecule has 1 heterocycles. The van der Waals surface area contributed by atoms with E-state index in [1.165, 1.54) is 23.1 Å². The number of ether oxygens (including phenoxy) is 1. The van der Waals surface area contributed by atoms with Crippen LogP contribution in [0, 0.1) is 0 Å². The molecule has 2 rings (SSSR count). The van der Waals surface area contributed by atoms with Gasteiger partial charge in [-0.1, -0.05) is 47.0 Å². The van der Waals surface area contributed by atoms with Crippen LogP contribution >= 0.6 is 34.9 Å². The zero-order chi connectivity index (χ0) is 18.9. The van der Waals surface area contributed by atoms with E-state index in [0.717, 1.165) is 21.4 Å². The van der Waals surface area contributed by atoms with Gasteiger partial charge in [-0.2, -0.15) is 0 Å². The number of amides is 3. The van der Waals surface area contributed by atoms with Gasteiger partial charge in [0.25, 0.3) is 0 Å². The molecule has 0 saturated carbocycles. The predicted molar refractivity (Wildman–Crippen MR) is 105 cm³/mol. The summed E-state index contributed by atoms with van der Waals surface area (Å²) in [4.78, 5) is 23.2. The monoisotopic (exact) mass is 412 g/mol. The molecule has 10 heteroatoms. The lowest BCUT2D eigenvalue weighted by Gasteiger charge is -2.08. The Labute approximate surface area is 164 Å². The third kappa shape index (κ3) is 7.22. The number of benzene rings is 1. The Balaban J connectivity index is 1.74. The smallest absolute Gasteiger partial charge is 0.321 e. The van der Waals surface area contributed by atoms with Crippen molar-refractivity contribution in [2.75, 3.05) is 12.9 Å². The summed E-state index contributed by atoms with van der Waals surface area (Å²) >= 11 is 4.28. The molecule has 2 N–H and O–H groups in total. The van der Waals surface area contributed by atoms with Gasteiger partial charge in [0, 0.05) is 11.8 Å². The van der Waals surface area contributed by atoms with E-state index >= 15 is 0 Å². The summed E-state index contributed by atoms with van der Waals surface area (Å²) in [6.07, 6.45) is 0. The summed E-state index contributed by atoms with van der Waals surface area (Å²) in [6, 6.07) is 7.35. The summed E-state index contributed by atoms with van der Waals surface area (Å²) in [7, 11) is 1.64. The first-order valence-corrected chi connectivity index (χ1v) is 10.6. The Bertz CT molecular complexity index is 735. The molecule has 0 aliphatic rings. The van der Waals surface area contributed by atoms with Gasteiger partial charge >= 0.3 is 6.03 Å². The minimum atomic E-state index is -0.487. The summed E-state index contributed by atoms with van der Waals surface area (Å²) in [6.45, 7) is 3.65. The van der Waals surface area contributed by atoms with Crippen molar-refractivity contribution >= 4 is 46.8 Å². The zero-order valence-corrected chi connectivity index (χ0v) is 17.1. The zero-order valence-electron chi connectivity index (χ0n) is 14.6. The minimum Gasteiger partial charge on any atom is -0.497 e. The number of thioether (sulfide) groups is 2. The highest BCUT2D eigenvalue weighted by Gasteiger charge is 2.11. The number of methoxy groups -OCH3 is 1. The van der Waals surface area contributed by atoms with E-state index in [1.807, 2.05) is 38.1 Å². The van der Waals surface area contributed by atoms with Gasteiger partial charge in [0.05, 0.1) is 12.9 Å². The van der Waals surface area contributed by atoms with Gasteiger partial charge in [-0.25, -0.2) is 4.79 Å². The van der Waals surface area contributed by atoms with E-state index < -0.39 is 6.03 Å². The van der Waals surface area contributed by atoms with Gasteiger partial charge in [-0.3, -0.25) is 10.1 Å². The van der Waals surface area contributed by atoms with Crippen LogP contribution in [0.3, 0.4) is 0 Å². The van der Waals surface area contributed by atoms with Crippen molar-refractivity contribution in [1.29, 1.82) is 0 Å². The van der Waals surface area contributed by atoms with Crippen LogP contribution in [0.2, 0.25) is 0 Å². The van der Waals surface area contributed by atoms with E-state index in [0.29, 0.717) is 4.34 Å². The second kappa shape index (κ2) is 10.4. The number of rotatable bonds is 8. The number of hydrogen-bond donors (Lipinski definition) is 2. The first-order chi connectivity index (χ1) is 12.5. The maximum Gasteiger partial charge on any atom is 0.321 e. The summed E-state index contributed by atoms with van der Waals surface area (Å²) in [5, 5.41) is 13.1. The van der Waals surface area contributed by atoms with Crippen LogP contribution in [-0.4, -0.2) is 41.0 Å². The maximum absolute atomic E-state index is 11.7. The summed E-state index contributed by atoms with van der Waals surface area (Å²) in [5.74, 6) is 1.35. The molecule has 7 nitrogen and oxygen atoms in total. The molecule has 0 spiro atoms. The fraction of sp³-hybridized carbons (Fsp3) is 0.375. The Hall–Kier alpha value is -1.78. The highest BCUT2D eigenvalue weighted by Crippen LogP contribution is 2.30. The van der Waals surface area contributed by atoms with Crippen molar-refractivity contribution in [3.8, 4) is 5.75 Å². The molecule has 3 amide bonds. The molecule has 0 aliphatic heterocycles. The molecule has 0 bridgehead atoms. The highest BCUT2D eigenvalue weighted by molar-refractivity contribution is 8.03. The molecule has 0 unspecified atom stereocenters. The quantitative estimate of drug-likeness (QED) is 0.643. The molecule has 2 aromatic rings. The Morgan fingerprint density at radius 1 is 1.15 bits per heavy atom. The van der Waals surface area contributed by atoms with Crippen LogP contribution in [0.5, 0.6) is 5.75 Å². The number of carbonyl (C=O) groups excluding carboxylic acids is 2. The lowest BCUT2D eigenvalue weighted by atomic mass is 10.2. The van der Waals surface area contributed by atoms with Crippen molar-refractivity contribution < 1.29 is 14.3 Å². The highest BCUT2D eigenvalue weighted by atomic mass is 32.2. The van der Waals surface area contributed by atoms with E-state index in [4.69, 9.17) is 4.74 Å². The van der Waals surface area contributed by atoms with Crippen molar-refractivity contribution in [2.24, 2.45) is 0 Å². The number of urea groups is 1. The predicted octanol–water partition coefficient (Wildman–Crippen LogP) is 3.17. The normalized spacial score (nSPS) is 10.6. The first-order valence-electron chi connectivity index (χ1n) is 7.78. The fourth-order valence-corrected chi connectivity index (χ4v) is 4.54. The molecule has 0 radical (unpaired) electrons. The van der Waals surface area contributed by atoms with Gasteiger partial charge < -0.3 is 10.1 Å². The molecular weight excluding hydrogens is 392 g/mol. The van der Waals surface area contributed by atoms with E-state index in [9.17, 15) is 9.59 Å². The Morgan fingerprint density at radius 3 is 2.42 bits per heavy atom. The van der Waals surface area contributed by atoms with Gasteiger partial charge in [0.15, 0.2) is 8.68 Å². The van der Waals surface area contributed by atoms with Crippen LogP contribution < -0.4 is 15.4 Å². The Morgan fingerprint density at radius 2 is 1.81 bits per heavy atom. The average molecular weight is 413 g/mol. The van der Waals surface area contributed by atoms with Crippen LogP contribution in [0.4, 0.5) is 4.79 Å². The molecule has 0 aliphatic carbocycles. The molecule has 0 saturated heterocycles. The van der Waals surface area contributed by atoms with Crippen LogP contribution in [0.15, 0.2) is 32.9 Å². The third-order valence-corrected chi connectivity index (χ3v) is 6.17. The molecular formula is C16H20N4O3S3. The van der Waals surface area contributed by atoms with Crippen molar-refractivity contribution in [1.82, 2.24) is 20.8 Å². The molecule has 140 valence electrons. The lowest BCUT2D eigenvalue weighted by Crippen LogP contribution is -2.43. The molecule has 26 heavy (non-hydrogen) atoms. The topological polar surface area (TPSA) is 93.2 Å². The van der Waals surface area contributed by atoms with Gasteiger partial charge in [0.2, 0.25) is 5.91 Å². The second-order valence-electron chi connectivity index (χ2n) is 5.44. The van der Waals surface area contributed by atoms with Gasteiger partial charge in [-0.05, 0) is 31.5 Å². The largest absolute Gasteiger partial charge is 0.497 e. The number of nitrogens with one attached hydrogen (secondary N) is 2. The van der Waals surface area contributed by atoms with Crippen molar-refractivity contribution in [3.05, 3.63) is 29.8 Å². The van der Waals surface area contributed by atoms with Crippen molar-refractivity contribution in [3.63, 3.8) is 0 Å². The van der Waals surface area contributed by atoms with E-state index in [-0.39, 0.29) is 17.7 Å². The van der Waals surface area contributed by atoms with E-state index in [1.54, 1.807) is 18.9 Å². The average Bonchev–Trinajstić information content (AvgIpc) is 3.06. The van der Waals surface area contributed by atoms with Crippen molar-refractivity contribution in [2.45, 2.75) is 34.3 Å². The fourth-order valence-electron chi connectivity index (χ4n) is 1.77. The third-order valence-electron chi connectivity index (χ3n) is 2.91.